The molecule has 3 nitrogen and oxygen atoms in total. The zero-order chi connectivity index (χ0) is 14.5. The first-order chi connectivity index (χ1) is 10.3. The number of aliphatic hydroxyl groups is 1. The number of benzene rings is 2. The van der Waals surface area contributed by atoms with Crippen LogP contribution in [0.25, 0.3) is 11.1 Å². The number of aromatic nitrogens is 1. The van der Waals surface area contributed by atoms with Gasteiger partial charge in [-0.1, -0.05) is 42.5 Å². The second-order valence-electron chi connectivity index (χ2n) is 4.59. The van der Waals surface area contributed by atoms with Crippen molar-refractivity contribution in [2.45, 2.75) is 6.10 Å². The van der Waals surface area contributed by atoms with E-state index in [0.717, 1.165) is 11.3 Å². The molecule has 21 heavy (non-hydrogen) atoms. The Bertz CT molecular complexity index is 666. The molecule has 1 aromatic heterocycles. The maximum atomic E-state index is 9.93. The highest BCUT2D eigenvalue weighted by atomic mass is 32.1. The van der Waals surface area contributed by atoms with Gasteiger partial charge in [0.1, 0.15) is 23.5 Å². The van der Waals surface area contributed by atoms with Crippen molar-refractivity contribution in [1.29, 1.82) is 0 Å². The van der Waals surface area contributed by atoms with Crippen LogP contribution in [0, 0.1) is 0 Å². The van der Waals surface area contributed by atoms with Gasteiger partial charge in [0.05, 0.1) is 0 Å². The van der Waals surface area contributed by atoms with Gasteiger partial charge in [0.15, 0.2) is 0 Å². The monoisotopic (exact) mass is 297 g/mol. The molecule has 4 heteroatoms. The molecular weight excluding hydrogens is 282 g/mol. The van der Waals surface area contributed by atoms with Crippen LogP contribution in [0.1, 0.15) is 11.1 Å². The van der Waals surface area contributed by atoms with Gasteiger partial charge in [-0.3, -0.25) is 0 Å². The first kappa shape index (κ1) is 13.8. The molecule has 2 aromatic carbocycles. The summed E-state index contributed by atoms with van der Waals surface area (Å²) in [5.41, 5.74) is 2.32. The highest BCUT2D eigenvalue weighted by Crippen LogP contribution is 2.23. The van der Waals surface area contributed by atoms with Gasteiger partial charge in [0, 0.05) is 11.6 Å². The van der Waals surface area contributed by atoms with Gasteiger partial charge in [0.25, 0.3) is 0 Å². The van der Waals surface area contributed by atoms with Gasteiger partial charge in [-0.2, -0.15) is 0 Å². The molecule has 3 aromatic rings. The van der Waals surface area contributed by atoms with Crippen LogP contribution < -0.4 is 4.74 Å². The van der Waals surface area contributed by atoms with Crippen molar-refractivity contribution in [1.82, 2.24) is 4.98 Å². The lowest BCUT2D eigenvalue weighted by atomic mass is 10.1. The van der Waals surface area contributed by atoms with Gasteiger partial charge < -0.3 is 9.84 Å². The summed E-state index contributed by atoms with van der Waals surface area (Å²) in [6, 6.07) is 18.0. The summed E-state index contributed by atoms with van der Waals surface area (Å²) >= 11 is 1.42. The Morgan fingerprint density at radius 1 is 1.00 bits per heavy atom. The van der Waals surface area contributed by atoms with E-state index in [1.54, 1.807) is 6.20 Å². The highest BCUT2D eigenvalue weighted by molar-refractivity contribution is 7.09. The predicted octanol–water partition coefficient (Wildman–Crippen LogP) is 3.92. The number of ether oxygens (including phenoxy) is 1. The lowest BCUT2D eigenvalue weighted by molar-refractivity contribution is 0.108. The van der Waals surface area contributed by atoms with Crippen LogP contribution in [0.4, 0.5) is 0 Å². The molecule has 0 bridgehead atoms. The Labute approximate surface area is 127 Å². The van der Waals surface area contributed by atoms with Crippen molar-refractivity contribution in [3.63, 3.8) is 0 Å². The summed E-state index contributed by atoms with van der Waals surface area (Å²) in [5.74, 6) is 0.741. The first-order valence-electron chi connectivity index (χ1n) is 6.68. The van der Waals surface area contributed by atoms with E-state index in [2.05, 4.69) is 17.1 Å². The molecule has 1 atom stereocenters. The summed E-state index contributed by atoms with van der Waals surface area (Å²) in [7, 11) is 0. The molecule has 106 valence electrons. The minimum absolute atomic E-state index is 0.207. The normalized spacial score (nSPS) is 12.0. The summed E-state index contributed by atoms with van der Waals surface area (Å²) in [6.07, 6.45) is 0.997. The largest absolute Gasteiger partial charge is 0.490 e. The average Bonchev–Trinajstić information content (AvgIpc) is 3.08. The van der Waals surface area contributed by atoms with Gasteiger partial charge in [-0.25, -0.2) is 4.98 Å². The van der Waals surface area contributed by atoms with Crippen molar-refractivity contribution in [2.75, 3.05) is 6.61 Å². The zero-order valence-corrected chi connectivity index (χ0v) is 12.2. The Kier molecular flexibility index (Phi) is 4.28. The first-order valence-corrected chi connectivity index (χ1v) is 7.56. The SMILES string of the molecule is OC(COc1ccc(-c2ccccc2)cc1)c1nccs1. The second-order valence-corrected chi connectivity index (χ2v) is 5.51. The van der Waals surface area contributed by atoms with E-state index < -0.39 is 6.10 Å². The Morgan fingerprint density at radius 2 is 1.71 bits per heavy atom. The highest BCUT2D eigenvalue weighted by Gasteiger charge is 2.10. The molecule has 0 aliphatic carbocycles. The van der Waals surface area contributed by atoms with Gasteiger partial charge in [-0.15, -0.1) is 11.3 Å². The molecule has 1 unspecified atom stereocenters. The topological polar surface area (TPSA) is 42.4 Å². The standard InChI is InChI=1S/C17H15NO2S/c19-16(17-18-10-11-21-17)12-20-15-8-6-14(7-9-15)13-4-2-1-3-5-13/h1-11,16,19H,12H2. The van der Waals surface area contributed by atoms with Crippen LogP contribution in [0.2, 0.25) is 0 Å². The van der Waals surface area contributed by atoms with Gasteiger partial charge in [0.2, 0.25) is 0 Å². The average molecular weight is 297 g/mol. The molecule has 0 fully saturated rings. The minimum atomic E-state index is -0.682. The summed E-state index contributed by atoms with van der Waals surface area (Å²) < 4.78 is 5.60. The van der Waals surface area contributed by atoms with E-state index in [4.69, 9.17) is 4.74 Å². The van der Waals surface area contributed by atoms with Crippen molar-refractivity contribution < 1.29 is 9.84 Å². The predicted molar refractivity (Wildman–Crippen MR) is 84.4 cm³/mol. The van der Waals surface area contributed by atoms with Crippen LogP contribution in [-0.2, 0) is 0 Å². The Balaban J connectivity index is 1.62. The quantitative estimate of drug-likeness (QED) is 0.776. The second kappa shape index (κ2) is 6.52. The number of thiazole rings is 1. The lowest BCUT2D eigenvalue weighted by Crippen LogP contribution is -2.09. The fourth-order valence-corrected chi connectivity index (χ4v) is 2.63. The number of aliphatic hydroxyl groups excluding tert-OH is 1. The van der Waals surface area contributed by atoms with Crippen LogP contribution in [-0.4, -0.2) is 16.7 Å². The van der Waals surface area contributed by atoms with E-state index >= 15 is 0 Å². The third kappa shape index (κ3) is 3.48. The molecule has 1 N–H and O–H groups in total. The van der Waals surface area contributed by atoms with Crippen LogP contribution in [0.3, 0.4) is 0 Å². The zero-order valence-electron chi connectivity index (χ0n) is 11.3. The minimum Gasteiger partial charge on any atom is -0.490 e. The van der Waals surface area contributed by atoms with E-state index in [-0.39, 0.29) is 6.61 Å². The molecular formula is C17H15NO2S. The van der Waals surface area contributed by atoms with E-state index in [9.17, 15) is 5.11 Å². The molecule has 1 heterocycles. The van der Waals surface area contributed by atoms with Crippen molar-refractivity contribution in [3.05, 3.63) is 71.2 Å². The maximum Gasteiger partial charge on any atom is 0.139 e. The molecule has 3 rings (SSSR count). The van der Waals surface area contributed by atoms with Crippen LogP contribution in [0.5, 0.6) is 5.75 Å². The Morgan fingerprint density at radius 3 is 2.38 bits per heavy atom. The number of hydrogen-bond acceptors (Lipinski definition) is 4. The molecule has 0 spiro atoms. The lowest BCUT2D eigenvalue weighted by Gasteiger charge is -2.10. The number of hydrogen-bond donors (Lipinski definition) is 1. The van der Waals surface area contributed by atoms with Crippen molar-refractivity contribution in [3.8, 4) is 16.9 Å². The fourth-order valence-electron chi connectivity index (χ4n) is 2.02. The fraction of sp³-hybridized carbons (Fsp3) is 0.118. The molecule has 0 aliphatic rings. The van der Waals surface area contributed by atoms with Gasteiger partial charge >= 0.3 is 0 Å². The molecule has 0 amide bonds. The third-order valence-electron chi connectivity index (χ3n) is 3.11. The maximum absolute atomic E-state index is 9.93. The van der Waals surface area contributed by atoms with Crippen LogP contribution in [0.15, 0.2) is 66.2 Å². The molecule has 0 radical (unpaired) electrons. The summed E-state index contributed by atoms with van der Waals surface area (Å²) in [5, 5.41) is 12.4. The van der Waals surface area contributed by atoms with E-state index in [0.29, 0.717) is 5.01 Å². The van der Waals surface area contributed by atoms with Gasteiger partial charge in [-0.05, 0) is 23.3 Å². The molecule has 0 saturated heterocycles. The van der Waals surface area contributed by atoms with Crippen LogP contribution >= 0.6 is 11.3 Å². The molecule has 0 saturated carbocycles. The third-order valence-corrected chi connectivity index (χ3v) is 3.98. The summed E-state index contributed by atoms with van der Waals surface area (Å²) in [6.45, 7) is 0.207. The number of rotatable bonds is 5. The van der Waals surface area contributed by atoms with E-state index in [1.165, 1.54) is 16.9 Å². The van der Waals surface area contributed by atoms with Crippen molar-refractivity contribution >= 4 is 11.3 Å². The number of nitrogens with zero attached hydrogens (tertiary/aromatic N) is 1. The Hall–Kier alpha value is -2.17. The van der Waals surface area contributed by atoms with Crippen molar-refractivity contribution in [2.24, 2.45) is 0 Å². The molecule has 0 aliphatic heterocycles. The smallest absolute Gasteiger partial charge is 0.139 e. The summed E-state index contributed by atoms with van der Waals surface area (Å²) in [4.78, 5) is 4.07. The van der Waals surface area contributed by atoms with E-state index in [1.807, 2.05) is 47.8 Å².